The van der Waals surface area contributed by atoms with Crippen LogP contribution in [-0.2, 0) is 0 Å². The minimum absolute atomic E-state index is 0.128. The van der Waals surface area contributed by atoms with Crippen LogP contribution in [0.5, 0.6) is 5.75 Å². The molecule has 0 aliphatic carbocycles. The molecule has 0 unspecified atom stereocenters. The second-order valence-corrected chi connectivity index (χ2v) is 7.60. The standard InChI is InChI=1S/C24H26N4O/c1-15(2)29-22-9-10-23(25-18(22)5)27-20-8-7-19-12-13-28(21(19)14-20)24-11-6-16(3)17(4)26-24/h6-15H,1-5H3,(H,25,27). The number of pyridine rings is 2. The van der Waals surface area contributed by atoms with Gasteiger partial charge in [0.25, 0.3) is 0 Å². The first-order chi connectivity index (χ1) is 13.9. The van der Waals surface area contributed by atoms with E-state index in [-0.39, 0.29) is 6.10 Å². The van der Waals surface area contributed by atoms with Gasteiger partial charge in [-0.05, 0) is 76.6 Å². The predicted molar refractivity (Wildman–Crippen MR) is 119 cm³/mol. The normalized spacial score (nSPS) is 11.2. The molecule has 0 bridgehead atoms. The monoisotopic (exact) mass is 386 g/mol. The van der Waals surface area contributed by atoms with Gasteiger partial charge >= 0.3 is 0 Å². The molecule has 0 saturated heterocycles. The van der Waals surface area contributed by atoms with E-state index in [4.69, 9.17) is 9.72 Å². The van der Waals surface area contributed by atoms with Gasteiger partial charge in [-0.3, -0.25) is 0 Å². The van der Waals surface area contributed by atoms with Crippen LogP contribution in [0.4, 0.5) is 11.5 Å². The third-order valence-electron chi connectivity index (χ3n) is 4.95. The molecule has 0 atom stereocenters. The van der Waals surface area contributed by atoms with Crippen LogP contribution in [0.25, 0.3) is 16.7 Å². The summed E-state index contributed by atoms with van der Waals surface area (Å²) in [6.07, 6.45) is 2.19. The van der Waals surface area contributed by atoms with Crippen molar-refractivity contribution >= 4 is 22.4 Å². The molecule has 3 heterocycles. The van der Waals surface area contributed by atoms with Gasteiger partial charge in [0, 0.05) is 23.0 Å². The highest BCUT2D eigenvalue weighted by Crippen LogP contribution is 2.26. The van der Waals surface area contributed by atoms with Crippen LogP contribution in [0.2, 0.25) is 0 Å². The maximum Gasteiger partial charge on any atom is 0.141 e. The molecule has 0 aliphatic heterocycles. The SMILES string of the molecule is Cc1ccc(-n2ccc3ccc(Nc4ccc(OC(C)C)c(C)n4)cc32)nc1C. The number of benzene rings is 1. The summed E-state index contributed by atoms with van der Waals surface area (Å²) in [6, 6.07) is 16.5. The number of hydrogen-bond acceptors (Lipinski definition) is 4. The van der Waals surface area contributed by atoms with Crippen molar-refractivity contribution in [2.45, 2.75) is 40.7 Å². The average molecular weight is 386 g/mol. The Hall–Kier alpha value is -3.34. The number of hydrogen-bond donors (Lipinski definition) is 1. The van der Waals surface area contributed by atoms with Crippen molar-refractivity contribution in [2.24, 2.45) is 0 Å². The van der Waals surface area contributed by atoms with E-state index in [1.807, 2.05) is 39.8 Å². The summed E-state index contributed by atoms with van der Waals surface area (Å²) >= 11 is 0. The summed E-state index contributed by atoms with van der Waals surface area (Å²) in [4.78, 5) is 9.38. The van der Waals surface area contributed by atoms with Crippen molar-refractivity contribution in [1.82, 2.24) is 14.5 Å². The van der Waals surface area contributed by atoms with Gasteiger partial charge in [-0.25, -0.2) is 9.97 Å². The van der Waals surface area contributed by atoms with Gasteiger partial charge in [-0.1, -0.05) is 12.1 Å². The minimum atomic E-state index is 0.128. The molecule has 0 aliphatic rings. The first-order valence-corrected chi connectivity index (χ1v) is 9.88. The summed E-state index contributed by atoms with van der Waals surface area (Å²) in [5.74, 6) is 2.53. The van der Waals surface area contributed by atoms with Crippen molar-refractivity contribution in [1.29, 1.82) is 0 Å². The van der Waals surface area contributed by atoms with Crippen LogP contribution in [0.15, 0.2) is 54.7 Å². The lowest BCUT2D eigenvalue weighted by atomic mass is 10.2. The van der Waals surface area contributed by atoms with Gasteiger partial charge in [0.2, 0.25) is 0 Å². The Morgan fingerprint density at radius 3 is 2.45 bits per heavy atom. The minimum Gasteiger partial charge on any atom is -0.489 e. The number of nitrogens with one attached hydrogen (secondary N) is 1. The Balaban J connectivity index is 1.65. The molecule has 0 saturated carbocycles. The number of nitrogens with zero attached hydrogens (tertiary/aromatic N) is 3. The highest BCUT2D eigenvalue weighted by Gasteiger charge is 2.09. The highest BCUT2D eigenvalue weighted by atomic mass is 16.5. The molecule has 148 valence electrons. The van der Waals surface area contributed by atoms with E-state index in [0.29, 0.717) is 0 Å². The largest absolute Gasteiger partial charge is 0.489 e. The summed E-state index contributed by atoms with van der Waals surface area (Å²) < 4.78 is 7.90. The number of anilines is 2. The van der Waals surface area contributed by atoms with E-state index >= 15 is 0 Å². The lowest BCUT2D eigenvalue weighted by Crippen LogP contribution is -2.07. The Labute approximate surface area is 171 Å². The fourth-order valence-corrected chi connectivity index (χ4v) is 3.30. The first-order valence-electron chi connectivity index (χ1n) is 9.88. The van der Waals surface area contributed by atoms with Crippen molar-refractivity contribution in [3.05, 3.63) is 71.7 Å². The maximum absolute atomic E-state index is 5.78. The van der Waals surface area contributed by atoms with Crippen molar-refractivity contribution in [2.75, 3.05) is 5.32 Å². The van der Waals surface area contributed by atoms with E-state index in [2.05, 4.69) is 64.4 Å². The zero-order valence-electron chi connectivity index (χ0n) is 17.5. The molecule has 4 aromatic rings. The molecular weight excluding hydrogens is 360 g/mol. The molecular formula is C24H26N4O. The molecule has 29 heavy (non-hydrogen) atoms. The van der Waals surface area contributed by atoms with E-state index in [9.17, 15) is 0 Å². The Bertz CT molecular complexity index is 1180. The number of fused-ring (bicyclic) bond motifs is 1. The summed E-state index contributed by atoms with van der Waals surface area (Å²) in [7, 11) is 0. The summed E-state index contributed by atoms with van der Waals surface area (Å²) in [5, 5.41) is 4.57. The molecule has 0 radical (unpaired) electrons. The van der Waals surface area contributed by atoms with Crippen LogP contribution in [-0.4, -0.2) is 20.6 Å². The zero-order valence-corrected chi connectivity index (χ0v) is 17.5. The summed E-state index contributed by atoms with van der Waals surface area (Å²) in [6.45, 7) is 10.1. The first kappa shape index (κ1) is 19.0. The molecule has 0 amide bonds. The van der Waals surface area contributed by atoms with Crippen LogP contribution in [0.1, 0.15) is 30.8 Å². The van der Waals surface area contributed by atoms with Crippen molar-refractivity contribution < 1.29 is 4.74 Å². The second kappa shape index (κ2) is 7.59. The van der Waals surface area contributed by atoms with E-state index < -0.39 is 0 Å². The molecule has 0 spiro atoms. The topological polar surface area (TPSA) is 52.0 Å². The third-order valence-corrected chi connectivity index (χ3v) is 4.95. The van der Waals surface area contributed by atoms with Crippen molar-refractivity contribution in [3.63, 3.8) is 0 Å². The van der Waals surface area contributed by atoms with Crippen LogP contribution in [0, 0.1) is 20.8 Å². The van der Waals surface area contributed by atoms with Gasteiger partial charge in [0.15, 0.2) is 0 Å². The Kier molecular flexibility index (Phi) is 4.97. The fraction of sp³-hybridized carbons (Fsp3) is 0.250. The van der Waals surface area contributed by atoms with E-state index in [1.165, 1.54) is 10.9 Å². The van der Waals surface area contributed by atoms with Gasteiger partial charge < -0.3 is 14.6 Å². The molecule has 1 aromatic carbocycles. The lowest BCUT2D eigenvalue weighted by molar-refractivity contribution is 0.239. The average Bonchev–Trinajstić information content (AvgIpc) is 3.09. The quantitative estimate of drug-likeness (QED) is 0.465. The number of aromatic nitrogens is 3. The Morgan fingerprint density at radius 1 is 0.897 bits per heavy atom. The van der Waals surface area contributed by atoms with E-state index in [0.717, 1.165) is 40.0 Å². The highest BCUT2D eigenvalue weighted by molar-refractivity contribution is 5.85. The number of rotatable bonds is 5. The molecule has 5 heteroatoms. The van der Waals surface area contributed by atoms with Gasteiger partial charge in [0.05, 0.1) is 17.3 Å². The summed E-state index contributed by atoms with van der Waals surface area (Å²) in [5.41, 5.74) is 5.18. The van der Waals surface area contributed by atoms with Gasteiger partial charge in [-0.2, -0.15) is 0 Å². The number of aryl methyl sites for hydroxylation is 3. The van der Waals surface area contributed by atoms with Gasteiger partial charge in [-0.15, -0.1) is 0 Å². The second-order valence-electron chi connectivity index (χ2n) is 7.60. The molecule has 0 fully saturated rings. The third kappa shape index (κ3) is 3.94. The zero-order chi connectivity index (χ0) is 20.5. The fourth-order valence-electron chi connectivity index (χ4n) is 3.30. The maximum atomic E-state index is 5.78. The van der Waals surface area contributed by atoms with Crippen LogP contribution < -0.4 is 10.1 Å². The molecule has 4 rings (SSSR count). The molecule has 3 aromatic heterocycles. The van der Waals surface area contributed by atoms with Crippen LogP contribution in [0.3, 0.4) is 0 Å². The lowest BCUT2D eigenvalue weighted by Gasteiger charge is -2.13. The molecule has 5 nitrogen and oxygen atoms in total. The Morgan fingerprint density at radius 2 is 1.72 bits per heavy atom. The van der Waals surface area contributed by atoms with Crippen molar-refractivity contribution in [3.8, 4) is 11.6 Å². The number of ether oxygens (including phenoxy) is 1. The van der Waals surface area contributed by atoms with Crippen LogP contribution >= 0.6 is 0 Å². The predicted octanol–water partition coefficient (Wildman–Crippen LogP) is 5.88. The smallest absolute Gasteiger partial charge is 0.141 e. The molecule has 1 N–H and O–H groups in total. The van der Waals surface area contributed by atoms with Gasteiger partial charge in [0.1, 0.15) is 17.4 Å². The van der Waals surface area contributed by atoms with E-state index in [1.54, 1.807) is 0 Å².